The third kappa shape index (κ3) is 5.46. The summed E-state index contributed by atoms with van der Waals surface area (Å²) in [5.41, 5.74) is 11.4. The molecule has 0 radical (unpaired) electrons. The van der Waals surface area contributed by atoms with Crippen molar-refractivity contribution >= 4 is 71.0 Å². The number of aromatic amines is 1. The van der Waals surface area contributed by atoms with Crippen molar-refractivity contribution in [1.29, 1.82) is 0 Å². The van der Waals surface area contributed by atoms with Gasteiger partial charge in [0.1, 0.15) is 36.1 Å². The first kappa shape index (κ1) is 30.2. The largest absolute Gasteiger partial charge is 0.383 e. The molecule has 3 fully saturated rings. The maximum atomic E-state index is 16.0. The number of ether oxygens (including phenoxy) is 2. The van der Waals surface area contributed by atoms with Crippen LogP contribution in [0.4, 0.5) is 16.2 Å². The molecule has 3 saturated heterocycles. The van der Waals surface area contributed by atoms with Crippen molar-refractivity contribution in [3.63, 3.8) is 0 Å². The summed E-state index contributed by atoms with van der Waals surface area (Å²) < 4.78 is 53.5. The van der Waals surface area contributed by atoms with Crippen LogP contribution >= 0.6 is 13.4 Å². The molecule has 2 bridgehead atoms. The van der Waals surface area contributed by atoms with Gasteiger partial charge in [0.2, 0.25) is 5.95 Å². The van der Waals surface area contributed by atoms with Crippen LogP contribution in [0.15, 0.2) is 29.7 Å². The minimum absolute atomic E-state index is 0.0148. The average molecular weight is 692 g/mol. The van der Waals surface area contributed by atoms with Crippen molar-refractivity contribution in [3.05, 3.63) is 35.3 Å². The van der Waals surface area contributed by atoms with Crippen LogP contribution in [0.3, 0.4) is 0 Å². The molecule has 23 heteroatoms. The molecule has 3 aliphatic heterocycles. The standard InChI is InChI=1S/C21H24FN9O9P2S2/c22-12-14-11(38-20(12)30-2-1-9-15(23)25-6-26-16(9)30)5-36-41(33,43)39-10-3-8(4-35-42(34,44)40-14)37-19(10)31-7-27-13-17(31)28-21(24)29-18(13)32/h1-2,6-8,10-12,14,19-20H,3-5H2,(H,33,43)(H,34,44)(H2,23,25,26)(H3,24,28,29,32)/t8-,10+,11+,12-,14+,19+,20+,41?,42?/m0/s1. The fourth-order valence-corrected chi connectivity index (χ4v) is 8.30. The van der Waals surface area contributed by atoms with Crippen molar-refractivity contribution in [3.8, 4) is 0 Å². The third-order valence-electron chi connectivity index (χ3n) is 7.30. The zero-order chi connectivity index (χ0) is 31.0. The van der Waals surface area contributed by atoms with Gasteiger partial charge in [0.25, 0.3) is 5.56 Å². The monoisotopic (exact) mass is 691 g/mol. The van der Waals surface area contributed by atoms with E-state index in [0.717, 1.165) is 0 Å². The molecule has 7 rings (SSSR count). The highest BCUT2D eigenvalue weighted by Gasteiger charge is 2.51. The fraction of sp³-hybridized carbons (Fsp3) is 0.476. The fourth-order valence-electron chi connectivity index (χ4n) is 5.40. The van der Waals surface area contributed by atoms with Gasteiger partial charge in [-0.25, -0.2) is 19.3 Å². The number of hydrogen-bond donors (Lipinski definition) is 5. The summed E-state index contributed by atoms with van der Waals surface area (Å²) >= 11 is 10.5. The van der Waals surface area contributed by atoms with E-state index in [4.69, 9.17) is 62.6 Å². The zero-order valence-electron chi connectivity index (χ0n) is 22.2. The minimum atomic E-state index is -4.11. The molecule has 7 N–H and O–H groups in total. The lowest BCUT2D eigenvalue weighted by atomic mass is 10.1. The SMILES string of the molecule is Nc1nc2c(ncn2[C@@H]2O[C@@H]3COP(O)(=S)O[C@H]4[C@H](F)[C@H](n5ccc6c(N)ncnc65)O[C@@H]4COP(O)(=S)O[C@@H]2C3)c(=O)[nH]1. The molecule has 4 aromatic rings. The number of imidazole rings is 1. The van der Waals surface area contributed by atoms with E-state index in [0.29, 0.717) is 11.0 Å². The Bertz CT molecular complexity index is 1910. The molecular weight excluding hydrogens is 667 g/mol. The van der Waals surface area contributed by atoms with Crippen molar-refractivity contribution in [2.75, 3.05) is 24.7 Å². The Balaban J connectivity index is 1.19. The zero-order valence-corrected chi connectivity index (χ0v) is 25.6. The number of H-pyrrole nitrogens is 1. The van der Waals surface area contributed by atoms with Crippen molar-refractivity contribution in [2.45, 2.75) is 49.5 Å². The van der Waals surface area contributed by atoms with Crippen LogP contribution < -0.4 is 17.0 Å². The highest BCUT2D eigenvalue weighted by atomic mass is 32.5. The number of rotatable bonds is 2. The first-order valence-corrected chi connectivity index (χ1v) is 18.1. The Morgan fingerprint density at radius 2 is 1.77 bits per heavy atom. The topological polar surface area (TPSA) is 242 Å². The van der Waals surface area contributed by atoms with E-state index >= 15 is 4.39 Å². The number of nitrogens with two attached hydrogens (primary N) is 2. The van der Waals surface area contributed by atoms with Crippen LogP contribution in [0.5, 0.6) is 0 Å². The van der Waals surface area contributed by atoms with Gasteiger partial charge in [-0.2, -0.15) is 4.98 Å². The normalized spacial score (nSPS) is 36.6. The number of nitrogens with one attached hydrogen (secondary N) is 1. The number of alkyl halides is 1. The summed E-state index contributed by atoms with van der Waals surface area (Å²) in [6, 6.07) is 1.60. The average Bonchev–Trinajstić information content (AvgIpc) is 3.72. The molecule has 4 aromatic heterocycles. The maximum Gasteiger partial charge on any atom is 0.325 e. The highest BCUT2D eigenvalue weighted by Crippen LogP contribution is 2.54. The van der Waals surface area contributed by atoms with E-state index in [1.807, 2.05) is 0 Å². The maximum absolute atomic E-state index is 16.0. The molecule has 0 spiro atoms. The third-order valence-corrected chi connectivity index (χ3v) is 10.4. The Kier molecular flexibility index (Phi) is 7.59. The van der Waals surface area contributed by atoms with Crippen molar-refractivity contribution in [1.82, 2.24) is 34.1 Å². The summed E-state index contributed by atoms with van der Waals surface area (Å²) in [7, 11) is 0. The lowest BCUT2D eigenvalue weighted by Crippen LogP contribution is -2.34. The Hall–Kier alpha value is -2.52. The number of aromatic nitrogens is 7. The van der Waals surface area contributed by atoms with E-state index in [1.54, 1.807) is 6.07 Å². The van der Waals surface area contributed by atoms with E-state index in [-0.39, 0.29) is 36.0 Å². The van der Waals surface area contributed by atoms with E-state index in [2.05, 4.69) is 24.9 Å². The molecule has 3 aliphatic rings. The van der Waals surface area contributed by atoms with Gasteiger partial charge in [0, 0.05) is 12.6 Å². The van der Waals surface area contributed by atoms with Crippen LogP contribution in [0.1, 0.15) is 18.9 Å². The van der Waals surface area contributed by atoms with Gasteiger partial charge in [-0.15, -0.1) is 0 Å². The molecule has 7 heterocycles. The Morgan fingerprint density at radius 3 is 2.59 bits per heavy atom. The summed E-state index contributed by atoms with van der Waals surface area (Å²) in [6.45, 7) is -8.98. The molecule has 0 aliphatic carbocycles. The van der Waals surface area contributed by atoms with Crippen LogP contribution in [0, 0.1) is 0 Å². The van der Waals surface area contributed by atoms with Gasteiger partial charge in [-0.3, -0.25) is 18.9 Å². The predicted molar refractivity (Wildman–Crippen MR) is 156 cm³/mol. The summed E-state index contributed by atoms with van der Waals surface area (Å²) in [4.78, 5) is 53.0. The van der Waals surface area contributed by atoms with E-state index in [9.17, 15) is 14.6 Å². The molecule has 9 atom stereocenters. The van der Waals surface area contributed by atoms with Gasteiger partial charge in [-0.1, -0.05) is 0 Å². The molecule has 18 nitrogen and oxygen atoms in total. The second kappa shape index (κ2) is 11.1. The van der Waals surface area contributed by atoms with E-state index < -0.39 is 68.6 Å². The first-order valence-electron chi connectivity index (χ1n) is 12.9. The molecule has 0 saturated carbocycles. The number of anilines is 2. The van der Waals surface area contributed by atoms with Gasteiger partial charge >= 0.3 is 13.4 Å². The lowest BCUT2D eigenvalue weighted by Gasteiger charge is -2.27. The quantitative estimate of drug-likeness (QED) is 0.180. The van der Waals surface area contributed by atoms with Crippen molar-refractivity contribution < 1.29 is 41.7 Å². The smallest absolute Gasteiger partial charge is 0.325 e. The number of nitrogens with zero attached hydrogens (tertiary/aromatic N) is 6. The second-order valence-corrected chi connectivity index (χ2v) is 15.7. The Labute approximate surface area is 255 Å². The van der Waals surface area contributed by atoms with Gasteiger partial charge < -0.3 is 48.9 Å². The molecule has 0 amide bonds. The summed E-state index contributed by atoms with van der Waals surface area (Å²) in [5.74, 6) is 0.0291. The Morgan fingerprint density at radius 1 is 1.00 bits per heavy atom. The van der Waals surface area contributed by atoms with Crippen LogP contribution in [-0.2, 0) is 51.2 Å². The number of halogens is 1. The lowest BCUT2D eigenvalue weighted by molar-refractivity contribution is -0.0596. The number of fused-ring (bicyclic) bond motifs is 5. The molecule has 0 aromatic carbocycles. The number of hydrogen-bond acceptors (Lipinski definition) is 15. The van der Waals surface area contributed by atoms with E-state index in [1.165, 1.54) is 28.0 Å². The predicted octanol–water partition coefficient (Wildman–Crippen LogP) is 0.503. The highest BCUT2D eigenvalue weighted by molar-refractivity contribution is 8.07. The van der Waals surface area contributed by atoms with Crippen LogP contribution in [-0.4, -0.2) is 87.6 Å². The number of nitrogen functional groups attached to an aromatic ring is 2. The summed E-state index contributed by atoms with van der Waals surface area (Å²) in [6.07, 6.45) is -4.66. The van der Waals surface area contributed by atoms with Crippen LogP contribution in [0.2, 0.25) is 0 Å². The van der Waals surface area contributed by atoms with Gasteiger partial charge in [0.05, 0.1) is 31.0 Å². The van der Waals surface area contributed by atoms with Crippen molar-refractivity contribution in [2.24, 2.45) is 0 Å². The van der Waals surface area contributed by atoms with Crippen LogP contribution in [0.25, 0.3) is 22.2 Å². The second-order valence-electron chi connectivity index (χ2n) is 10.1. The molecule has 2 unspecified atom stereocenters. The van der Waals surface area contributed by atoms with Gasteiger partial charge in [-0.05, 0) is 29.7 Å². The summed E-state index contributed by atoms with van der Waals surface area (Å²) in [5, 5.41) is 0.468. The first-order chi connectivity index (χ1) is 20.9. The van der Waals surface area contributed by atoms with Gasteiger partial charge in [0.15, 0.2) is 29.8 Å². The molecular formula is C21H24FN9O9P2S2. The molecule has 236 valence electrons. The minimum Gasteiger partial charge on any atom is -0.383 e. The molecule has 44 heavy (non-hydrogen) atoms.